The number of carbonyl (C=O) groups is 1. The second kappa shape index (κ2) is 8.56. The molecule has 0 radical (unpaired) electrons. The Labute approximate surface area is 160 Å². The first-order valence-electron chi connectivity index (χ1n) is 8.93. The predicted octanol–water partition coefficient (Wildman–Crippen LogP) is 3.54. The number of ether oxygens (including phenoxy) is 1. The third-order valence-electron chi connectivity index (χ3n) is 4.86. The number of nitrogens with zero attached hydrogens (tertiary/aromatic N) is 2. The van der Waals surface area contributed by atoms with Crippen LogP contribution in [0.2, 0.25) is 5.02 Å². The summed E-state index contributed by atoms with van der Waals surface area (Å²) in [5, 5.41) is 0.698. The molecule has 1 fully saturated rings. The van der Waals surface area contributed by atoms with E-state index in [0.29, 0.717) is 11.4 Å². The van der Waals surface area contributed by atoms with Crippen LogP contribution < -0.4 is 4.74 Å². The van der Waals surface area contributed by atoms with Crippen molar-refractivity contribution < 1.29 is 9.53 Å². The molecule has 0 saturated carbocycles. The number of rotatable bonds is 5. The number of benzene rings is 2. The summed E-state index contributed by atoms with van der Waals surface area (Å²) in [5.74, 6) is 1.11. The minimum absolute atomic E-state index is 0.187. The standard InChI is InChI=1S/C21H25ClN2O2/c1-16-13-18(5-8-20(16)26-2)15-23-9-11-24(12-10-23)21(25)14-17-3-6-19(22)7-4-17/h3-8,13H,9-12,14-15H2,1-2H3. The molecular weight excluding hydrogens is 348 g/mol. The van der Waals surface area contributed by atoms with Crippen LogP contribution in [0.5, 0.6) is 5.75 Å². The number of aryl methyl sites for hydroxylation is 1. The Morgan fingerprint density at radius 2 is 1.69 bits per heavy atom. The van der Waals surface area contributed by atoms with Crippen molar-refractivity contribution in [1.82, 2.24) is 9.80 Å². The fraction of sp³-hybridized carbons (Fsp3) is 0.381. The largest absolute Gasteiger partial charge is 0.496 e. The van der Waals surface area contributed by atoms with E-state index in [-0.39, 0.29) is 5.91 Å². The van der Waals surface area contributed by atoms with E-state index in [1.807, 2.05) is 35.2 Å². The van der Waals surface area contributed by atoms with E-state index < -0.39 is 0 Å². The van der Waals surface area contributed by atoms with Gasteiger partial charge in [-0.05, 0) is 41.8 Å². The Kier molecular flexibility index (Phi) is 6.17. The van der Waals surface area contributed by atoms with E-state index in [1.54, 1.807) is 7.11 Å². The molecule has 0 unspecified atom stereocenters. The molecule has 26 heavy (non-hydrogen) atoms. The second-order valence-electron chi connectivity index (χ2n) is 6.76. The highest BCUT2D eigenvalue weighted by Gasteiger charge is 2.21. The van der Waals surface area contributed by atoms with Gasteiger partial charge < -0.3 is 9.64 Å². The van der Waals surface area contributed by atoms with Crippen LogP contribution in [0.4, 0.5) is 0 Å². The summed E-state index contributed by atoms with van der Waals surface area (Å²) in [6.07, 6.45) is 0.439. The van der Waals surface area contributed by atoms with E-state index in [0.717, 1.165) is 49.6 Å². The van der Waals surface area contributed by atoms with Crippen LogP contribution in [-0.4, -0.2) is 49.0 Å². The van der Waals surface area contributed by atoms with Crippen molar-refractivity contribution in [3.8, 4) is 5.75 Å². The highest BCUT2D eigenvalue weighted by molar-refractivity contribution is 6.30. The van der Waals surface area contributed by atoms with Gasteiger partial charge in [0.15, 0.2) is 0 Å². The molecule has 2 aromatic carbocycles. The fourth-order valence-electron chi connectivity index (χ4n) is 3.34. The predicted molar refractivity (Wildman–Crippen MR) is 105 cm³/mol. The molecule has 1 saturated heterocycles. The normalized spacial score (nSPS) is 15.1. The molecule has 1 heterocycles. The van der Waals surface area contributed by atoms with Crippen molar-refractivity contribution in [1.29, 1.82) is 0 Å². The average Bonchev–Trinajstić information content (AvgIpc) is 2.64. The van der Waals surface area contributed by atoms with Gasteiger partial charge in [-0.3, -0.25) is 9.69 Å². The van der Waals surface area contributed by atoms with Gasteiger partial charge in [-0.25, -0.2) is 0 Å². The van der Waals surface area contributed by atoms with Gasteiger partial charge in [0.05, 0.1) is 13.5 Å². The lowest BCUT2D eigenvalue weighted by molar-refractivity contribution is -0.132. The molecule has 5 heteroatoms. The lowest BCUT2D eigenvalue weighted by Gasteiger charge is -2.35. The molecular formula is C21H25ClN2O2. The maximum absolute atomic E-state index is 12.5. The summed E-state index contributed by atoms with van der Waals surface area (Å²) in [6, 6.07) is 13.8. The topological polar surface area (TPSA) is 32.8 Å². The van der Waals surface area contributed by atoms with E-state index in [2.05, 4.69) is 24.0 Å². The minimum Gasteiger partial charge on any atom is -0.496 e. The van der Waals surface area contributed by atoms with Crippen LogP contribution >= 0.6 is 11.6 Å². The molecule has 2 aromatic rings. The molecule has 4 nitrogen and oxygen atoms in total. The van der Waals surface area contributed by atoms with Gasteiger partial charge in [0, 0.05) is 37.7 Å². The second-order valence-corrected chi connectivity index (χ2v) is 7.20. The molecule has 0 bridgehead atoms. The van der Waals surface area contributed by atoms with Crippen molar-refractivity contribution >= 4 is 17.5 Å². The van der Waals surface area contributed by atoms with Gasteiger partial charge in [-0.15, -0.1) is 0 Å². The SMILES string of the molecule is COc1ccc(CN2CCN(C(=O)Cc3ccc(Cl)cc3)CC2)cc1C. The van der Waals surface area contributed by atoms with Crippen molar-refractivity contribution in [2.45, 2.75) is 19.9 Å². The molecule has 0 atom stereocenters. The number of hydrogen-bond acceptors (Lipinski definition) is 3. The third kappa shape index (κ3) is 4.77. The Morgan fingerprint density at radius 1 is 1.04 bits per heavy atom. The molecule has 1 aliphatic heterocycles. The summed E-state index contributed by atoms with van der Waals surface area (Å²) in [7, 11) is 1.70. The smallest absolute Gasteiger partial charge is 0.227 e. The first kappa shape index (κ1) is 18.7. The van der Waals surface area contributed by atoms with E-state index in [4.69, 9.17) is 16.3 Å². The number of carbonyl (C=O) groups excluding carboxylic acids is 1. The number of amides is 1. The molecule has 138 valence electrons. The zero-order valence-electron chi connectivity index (χ0n) is 15.4. The quantitative estimate of drug-likeness (QED) is 0.804. The van der Waals surface area contributed by atoms with Gasteiger partial charge >= 0.3 is 0 Å². The van der Waals surface area contributed by atoms with Crippen LogP contribution in [0, 0.1) is 6.92 Å². The summed E-state index contributed by atoms with van der Waals surface area (Å²) in [6.45, 7) is 6.33. The zero-order chi connectivity index (χ0) is 18.5. The van der Waals surface area contributed by atoms with Gasteiger partial charge in [0.1, 0.15) is 5.75 Å². The minimum atomic E-state index is 0.187. The van der Waals surface area contributed by atoms with Crippen molar-refractivity contribution in [3.05, 3.63) is 64.2 Å². The highest BCUT2D eigenvalue weighted by Crippen LogP contribution is 2.20. The number of piperazine rings is 1. The first-order valence-corrected chi connectivity index (χ1v) is 9.31. The van der Waals surface area contributed by atoms with E-state index in [9.17, 15) is 4.79 Å². The summed E-state index contributed by atoms with van der Waals surface area (Å²) >= 11 is 5.90. The van der Waals surface area contributed by atoms with Crippen molar-refractivity contribution in [2.75, 3.05) is 33.3 Å². The number of halogens is 1. The van der Waals surface area contributed by atoms with Gasteiger partial charge in [-0.1, -0.05) is 35.9 Å². The lowest BCUT2D eigenvalue weighted by Crippen LogP contribution is -2.48. The summed E-state index contributed by atoms with van der Waals surface area (Å²) in [5.41, 5.74) is 3.45. The van der Waals surface area contributed by atoms with E-state index in [1.165, 1.54) is 5.56 Å². The molecule has 0 aromatic heterocycles. The molecule has 0 aliphatic carbocycles. The van der Waals surface area contributed by atoms with Crippen LogP contribution in [0.3, 0.4) is 0 Å². The van der Waals surface area contributed by atoms with Crippen molar-refractivity contribution in [3.63, 3.8) is 0 Å². The molecule has 1 amide bonds. The maximum atomic E-state index is 12.5. The fourth-order valence-corrected chi connectivity index (χ4v) is 3.47. The first-order chi connectivity index (χ1) is 12.5. The summed E-state index contributed by atoms with van der Waals surface area (Å²) < 4.78 is 5.32. The monoisotopic (exact) mass is 372 g/mol. The van der Waals surface area contributed by atoms with Gasteiger partial charge in [0.25, 0.3) is 0 Å². The van der Waals surface area contributed by atoms with Crippen LogP contribution in [0.1, 0.15) is 16.7 Å². The van der Waals surface area contributed by atoms with Crippen LogP contribution in [-0.2, 0) is 17.8 Å². The highest BCUT2D eigenvalue weighted by atomic mass is 35.5. The molecule has 0 N–H and O–H groups in total. The van der Waals surface area contributed by atoms with Gasteiger partial charge in [0.2, 0.25) is 5.91 Å². The Bertz CT molecular complexity index is 753. The molecule has 1 aliphatic rings. The lowest BCUT2D eigenvalue weighted by atomic mass is 10.1. The Morgan fingerprint density at radius 3 is 2.31 bits per heavy atom. The third-order valence-corrected chi connectivity index (χ3v) is 5.11. The summed E-state index contributed by atoms with van der Waals surface area (Å²) in [4.78, 5) is 16.9. The van der Waals surface area contributed by atoms with Gasteiger partial charge in [-0.2, -0.15) is 0 Å². The van der Waals surface area contributed by atoms with E-state index >= 15 is 0 Å². The zero-order valence-corrected chi connectivity index (χ0v) is 16.1. The average molecular weight is 373 g/mol. The van der Waals surface area contributed by atoms with Crippen LogP contribution in [0.25, 0.3) is 0 Å². The van der Waals surface area contributed by atoms with Crippen LogP contribution in [0.15, 0.2) is 42.5 Å². The Hall–Kier alpha value is -2.04. The molecule has 3 rings (SSSR count). The maximum Gasteiger partial charge on any atom is 0.227 e. The molecule has 0 spiro atoms. The number of methoxy groups -OCH3 is 1. The van der Waals surface area contributed by atoms with Crippen molar-refractivity contribution in [2.24, 2.45) is 0 Å². The Balaban J connectivity index is 1.50. The number of hydrogen-bond donors (Lipinski definition) is 0.